The zero-order valence-electron chi connectivity index (χ0n) is 8.99. The van der Waals surface area contributed by atoms with Crippen LogP contribution in [0.1, 0.15) is 11.1 Å². The minimum Gasteiger partial charge on any atom is -0.121 e. The van der Waals surface area contributed by atoms with Gasteiger partial charge in [0.15, 0.2) is 0 Å². The Morgan fingerprint density at radius 1 is 0.778 bits per heavy atom. The number of benzene rings is 1. The molecule has 0 spiro atoms. The summed E-state index contributed by atoms with van der Waals surface area (Å²) in [5.74, 6) is 0. The van der Waals surface area contributed by atoms with E-state index in [4.69, 9.17) is 66.5 Å². The lowest BCUT2D eigenvalue weighted by molar-refractivity contribution is 1.60. The van der Waals surface area contributed by atoms with Gasteiger partial charge < -0.3 is 0 Å². The maximum Gasteiger partial charge on any atom is 0.372 e. The summed E-state index contributed by atoms with van der Waals surface area (Å²) in [5, 5.41) is 0.987. The largest absolute Gasteiger partial charge is 0.372 e. The molecule has 1 aromatic carbocycles. The van der Waals surface area contributed by atoms with Crippen LogP contribution < -0.4 is 0 Å². The molecule has 98 valence electrons. The van der Waals surface area contributed by atoms with Crippen LogP contribution in [0.3, 0.4) is 0 Å². The molecule has 0 aliphatic heterocycles. The van der Waals surface area contributed by atoms with Crippen LogP contribution in [0, 0.1) is 0 Å². The maximum atomic E-state index is 5.92. The van der Waals surface area contributed by atoms with Crippen molar-refractivity contribution in [1.29, 1.82) is 0 Å². The Hall–Kier alpha value is 0.874. The van der Waals surface area contributed by atoms with Crippen LogP contribution in [0.4, 0.5) is 0 Å². The second kappa shape index (κ2) is 6.10. The molecule has 0 radical (unpaired) electrons. The summed E-state index contributed by atoms with van der Waals surface area (Å²) < 4.78 is 0. The van der Waals surface area contributed by atoms with Crippen LogP contribution in [-0.2, 0) is 0 Å². The van der Waals surface area contributed by atoms with Crippen LogP contribution in [0.15, 0.2) is 37.4 Å². The predicted octanol–water partition coefficient (Wildman–Crippen LogP) is 6.10. The Balaban J connectivity index is 3.16. The number of halogens is 6. The third-order valence-corrected chi connectivity index (χ3v) is 8.30. The summed E-state index contributed by atoms with van der Waals surface area (Å²) in [6.45, 7) is 7.61. The van der Waals surface area contributed by atoms with Crippen molar-refractivity contribution in [2.24, 2.45) is 0 Å². The average molecular weight is 397 g/mol. The molecule has 0 saturated heterocycles. The highest BCUT2D eigenvalue weighted by molar-refractivity contribution is 7.71. The molecule has 0 aliphatic carbocycles. The third kappa shape index (κ3) is 4.46. The van der Waals surface area contributed by atoms with Crippen molar-refractivity contribution < 1.29 is 0 Å². The van der Waals surface area contributed by atoms with Crippen LogP contribution in [0.5, 0.6) is 0 Å². The molecule has 0 amide bonds. The molecule has 1 aromatic rings. The summed E-state index contributed by atoms with van der Waals surface area (Å²) in [6.07, 6.45) is 0. The van der Waals surface area contributed by atoms with E-state index >= 15 is 0 Å². The molecule has 0 heterocycles. The van der Waals surface area contributed by atoms with Crippen molar-refractivity contribution in [2.45, 2.75) is 0 Å². The van der Waals surface area contributed by atoms with E-state index in [0.29, 0.717) is 10.4 Å². The molecule has 0 bridgehead atoms. The first kappa shape index (κ1) is 16.9. The van der Waals surface area contributed by atoms with Gasteiger partial charge in [0.05, 0.1) is 0 Å². The maximum absolute atomic E-state index is 5.92. The Morgan fingerprint density at radius 2 is 1.11 bits per heavy atom. The fourth-order valence-corrected chi connectivity index (χ4v) is 4.15. The molecular formula is C10H8Cl6Si2. The molecule has 0 fully saturated rings. The quantitative estimate of drug-likeness (QED) is 0.426. The van der Waals surface area contributed by atoms with Gasteiger partial charge in [-0.1, -0.05) is 31.4 Å². The number of hydrogen-bond acceptors (Lipinski definition) is 0. The first-order chi connectivity index (χ1) is 8.03. The van der Waals surface area contributed by atoms with E-state index in [9.17, 15) is 0 Å². The van der Waals surface area contributed by atoms with Gasteiger partial charge in [-0.05, 0) is 27.6 Å². The highest BCUT2D eigenvalue weighted by Gasteiger charge is 2.32. The molecule has 8 heteroatoms. The highest BCUT2D eigenvalue weighted by Crippen LogP contribution is 2.38. The van der Waals surface area contributed by atoms with Gasteiger partial charge >= 0.3 is 12.0 Å². The lowest BCUT2D eigenvalue weighted by atomic mass is 10.1. The Labute approximate surface area is 136 Å². The zero-order chi connectivity index (χ0) is 14.1. The normalized spacial score (nSPS) is 12.3. The fourth-order valence-electron chi connectivity index (χ4n) is 1.22. The predicted molar refractivity (Wildman–Crippen MR) is 91.1 cm³/mol. The second-order valence-corrected chi connectivity index (χ2v) is 20.4. The van der Waals surface area contributed by atoms with E-state index in [0.717, 1.165) is 11.1 Å². The third-order valence-electron chi connectivity index (χ3n) is 2.24. The van der Waals surface area contributed by atoms with Crippen molar-refractivity contribution in [2.75, 3.05) is 0 Å². The van der Waals surface area contributed by atoms with Crippen LogP contribution in [0.25, 0.3) is 10.4 Å². The molecule has 0 aliphatic rings. The fraction of sp³-hybridized carbons (Fsp3) is 0. The van der Waals surface area contributed by atoms with Crippen LogP contribution >= 0.6 is 66.5 Å². The number of hydrogen-bond donors (Lipinski definition) is 0. The van der Waals surface area contributed by atoms with E-state index < -0.39 is 12.0 Å². The van der Waals surface area contributed by atoms with Gasteiger partial charge in [-0.15, -0.1) is 66.5 Å². The smallest absolute Gasteiger partial charge is 0.121 e. The Bertz CT molecular complexity index is 445. The minimum absolute atomic E-state index is 0.494. The molecule has 0 saturated carbocycles. The lowest BCUT2D eigenvalue weighted by Crippen LogP contribution is -2.14. The van der Waals surface area contributed by atoms with Crippen LogP contribution in [0.2, 0.25) is 0 Å². The summed E-state index contributed by atoms with van der Waals surface area (Å²) in [4.78, 5) is 0. The Morgan fingerprint density at radius 3 is 1.39 bits per heavy atom. The summed E-state index contributed by atoms with van der Waals surface area (Å²) in [5.41, 5.74) is 1.45. The molecule has 18 heavy (non-hydrogen) atoms. The zero-order valence-corrected chi connectivity index (χ0v) is 15.5. The van der Waals surface area contributed by atoms with Gasteiger partial charge in [0.2, 0.25) is 0 Å². The first-order valence-electron chi connectivity index (χ1n) is 4.66. The topological polar surface area (TPSA) is 0 Å². The van der Waals surface area contributed by atoms with Crippen molar-refractivity contribution in [1.82, 2.24) is 0 Å². The molecule has 0 unspecified atom stereocenters. The van der Waals surface area contributed by atoms with Crippen molar-refractivity contribution in [3.63, 3.8) is 0 Å². The lowest BCUT2D eigenvalue weighted by Gasteiger charge is -2.16. The van der Waals surface area contributed by atoms with Gasteiger partial charge in [0.1, 0.15) is 0 Å². The average Bonchev–Trinajstić information content (AvgIpc) is 2.24. The Kier molecular flexibility index (Phi) is 5.74. The van der Waals surface area contributed by atoms with Crippen LogP contribution in [-0.4, -0.2) is 12.0 Å². The van der Waals surface area contributed by atoms with Gasteiger partial charge in [0, 0.05) is 0 Å². The summed E-state index contributed by atoms with van der Waals surface area (Å²) in [6, 6.07) is 1.16. The molecular weight excluding hydrogens is 389 g/mol. The summed E-state index contributed by atoms with van der Waals surface area (Å²) in [7, 11) is 0. The van der Waals surface area contributed by atoms with E-state index in [1.165, 1.54) is 0 Å². The van der Waals surface area contributed by atoms with E-state index in [1.807, 2.05) is 0 Å². The molecule has 1 rings (SSSR count). The van der Waals surface area contributed by atoms with E-state index in [1.54, 1.807) is 24.3 Å². The minimum atomic E-state index is -3.00. The summed E-state index contributed by atoms with van der Waals surface area (Å²) >= 11 is 35.5. The van der Waals surface area contributed by atoms with Crippen molar-refractivity contribution in [3.05, 3.63) is 48.6 Å². The van der Waals surface area contributed by atoms with E-state index in [2.05, 4.69) is 13.2 Å². The van der Waals surface area contributed by atoms with Gasteiger partial charge in [-0.2, -0.15) is 0 Å². The molecule has 0 nitrogen and oxygen atoms in total. The van der Waals surface area contributed by atoms with Gasteiger partial charge in [-0.25, -0.2) is 0 Å². The molecule has 0 atom stereocenters. The van der Waals surface area contributed by atoms with E-state index in [-0.39, 0.29) is 0 Å². The monoisotopic (exact) mass is 394 g/mol. The van der Waals surface area contributed by atoms with Gasteiger partial charge in [-0.3, -0.25) is 0 Å². The van der Waals surface area contributed by atoms with Crippen molar-refractivity contribution in [3.8, 4) is 0 Å². The first-order valence-corrected chi connectivity index (χ1v) is 14.7. The second-order valence-electron chi connectivity index (χ2n) is 3.53. The SMILES string of the molecule is C=C(c1cccc(C(=C)[Si](Cl)(Cl)Cl)c1)[Si](Cl)(Cl)Cl. The number of rotatable bonds is 4. The molecule has 0 N–H and O–H groups in total. The standard InChI is InChI=1S/C10H8Cl6Si2/c1-7(17(11,12)13)9-4-3-5-10(6-9)8(2)18(14,15)16/h3-6H,1-2H2. The van der Waals surface area contributed by atoms with Crippen molar-refractivity contribution >= 4 is 88.9 Å². The highest BCUT2D eigenvalue weighted by atomic mass is 35.8. The molecule has 0 aromatic heterocycles. The van der Waals surface area contributed by atoms with Gasteiger partial charge in [0.25, 0.3) is 0 Å².